The van der Waals surface area contributed by atoms with Crippen LogP contribution in [0, 0.1) is 0 Å². The average Bonchev–Trinajstić information content (AvgIpc) is 2.15. The third-order valence-corrected chi connectivity index (χ3v) is 6.64. The molecule has 0 spiro atoms. The Bertz CT molecular complexity index is 120. The highest BCUT2D eigenvalue weighted by Crippen LogP contribution is 2.15. The fraction of sp³-hybridized carbons (Fsp3) is 1.00. The summed E-state index contributed by atoms with van der Waals surface area (Å²) in [6.07, 6.45) is 0.911. The first-order valence-corrected chi connectivity index (χ1v) is 7.52. The van der Waals surface area contributed by atoms with E-state index in [0.717, 1.165) is 12.5 Å². The van der Waals surface area contributed by atoms with Crippen molar-refractivity contribution in [2.45, 2.75) is 26.3 Å². The lowest BCUT2D eigenvalue weighted by molar-refractivity contribution is 0.120. The largest absolute Gasteiger partial charge is 0.489 e. The zero-order valence-electron chi connectivity index (χ0n) is 8.84. The molecular formula is C7H21NO3Si2. The van der Waals surface area contributed by atoms with E-state index in [4.69, 9.17) is 18.7 Å². The molecule has 0 fully saturated rings. The molecule has 0 heterocycles. The first kappa shape index (κ1) is 13.3. The number of rotatable bonds is 8. The summed E-state index contributed by atoms with van der Waals surface area (Å²) in [6.45, 7) is 5.89. The van der Waals surface area contributed by atoms with Crippen LogP contribution in [0.15, 0.2) is 0 Å². The summed E-state index contributed by atoms with van der Waals surface area (Å²) in [5.74, 6) is 0. The highest BCUT2D eigenvalue weighted by molar-refractivity contribution is 6.63. The van der Waals surface area contributed by atoms with Gasteiger partial charge in [0.05, 0.1) is 0 Å². The second-order valence-electron chi connectivity index (χ2n) is 2.65. The molecule has 0 atom stereocenters. The molecule has 0 rings (SSSR count). The van der Waals surface area contributed by atoms with Crippen LogP contribution < -0.4 is 5.73 Å². The maximum absolute atomic E-state index is 5.59. The van der Waals surface area contributed by atoms with E-state index in [1.807, 2.05) is 13.8 Å². The van der Waals surface area contributed by atoms with Gasteiger partial charge in [0.25, 0.3) is 0 Å². The van der Waals surface area contributed by atoms with E-state index in [1.165, 1.54) is 0 Å². The summed E-state index contributed by atoms with van der Waals surface area (Å²) in [7, 11) is -1.65. The van der Waals surface area contributed by atoms with Crippen molar-refractivity contribution in [2.75, 3.05) is 19.8 Å². The highest BCUT2D eigenvalue weighted by atomic mass is 28.4. The van der Waals surface area contributed by atoms with Crippen LogP contribution in [-0.2, 0) is 13.0 Å². The van der Waals surface area contributed by atoms with E-state index in [0.29, 0.717) is 30.2 Å². The summed E-state index contributed by atoms with van der Waals surface area (Å²) < 4.78 is 16.7. The molecular weight excluding hydrogens is 202 g/mol. The first-order chi connectivity index (χ1) is 6.24. The maximum Gasteiger partial charge on any atom is 0.489 e. The molecule has 0 aromatic rings. The Hall–Kier alpha value is 0.274. The average molecular weight is 223 g/mol. The molecule has 2 N–H and O–H groups in total. The Kier molecular flexibility index (Phi) is 7.82. The predicted molar refractivity (Wildman–Crippen MR) is 58.5 cm³/mol. The Morgan fingerprint density at radius 1 is 1.23 bits per heavy atom. The molecule has 0 aliphatic carbocycles. The molecule has 0 saturated heterocycles. The molecule has 0 aliphatic rings. The van der Waals surface area contributed by atoms with Crippen LogP contribution in [0.2, 0.25) is 6.04 Å². The summed E-state index contributed by atoms with van der Waals surface area (Å²) in [5.41, 5.74) is 5.45. The lowest BCUT2D eigenvalue weighted by atomic mass is 10.5. The van der Waals surface area contributed by atoms with Gasteiger partial charge in [0.1, 0.15) is 10.5 Å². The van der Waals surface area contributed by atoms with Gasteiger partial charge in [-0.3, -0.25) is 0 Å². The van der Waals surface area contributed by atoms with Gasteiger partial charge in [0.2, 0.25) is 0 Å². The van der Waals surface area contributed by atoms with Crippen molar-refractivity contribution in [3.05, 3.63) is 0 Å². The van der Waals surface area contributed by atoms with Crippen molar-refractivity contribution in [2.24, 2.45) is 5.73 Å². The second-order valence-corrected chi connectivity index (χ2v) is 6.72. The molecule has 80 valence electrons. The molecule has 0 aromatic carbocycles. The Morgan fingerprint density at radius 2 is 1.77 bits per heavy atom. The quantitative estimate of drug-likeness (QED) is 0.571. The molecule has 0 unspecified atom stereocenters. The molecule has 0 radical (unpaired) electrons. The predicted octanol–water partition coefficient (Wildman–Crippen LogP) is -0.356. The lowest BCUT2D eigenvalue weighted by Gasteiger charge is -2.27. The Morgan fingerprint density at radius 3 is 2.08 bits per heavy atom. The van der Waals surface area contributed by atoms with E-state index in [2.05, 4.69) is 0 Å². The van der Waals surface area contributed by atoms with Crippen molar-refractivity contribution >= 4 is 19.3 Å². The number of hydrogen-bond acceptors (Lipinski definition) is 4. The fourth-order valence-electron chi connectivity index (χ4n) is 1.16. The van der Waals surface area contributed by atoms with Crippen LogP contribution in [0.4, 0.5) is 0 Å². The van der Waals surface area contributed by atoms with E-state index in [-0.39, 0.29) is 0 Å². The lowest BCUT2D eigenvalue weighted by Crippen LogP contribution is -2.45. The maximum atomic E-state index is 5.59. The topological polar surface area (TPSA) is 53.7 Å². The van der Waals surface area contributed by atoms with Crippen molar-refractivity contribution in [1.82, 2.24) is 0 Å². The van der Waals surface area contributed by atoms with Gasteiger partial charge in [-0.1, -0.05) is 0 Å². The SMILES string of the molecule is CCO[Si](CCCN)(O[SiH3])OCC. The van der Waals surface area contributed by atoms with Gasteiger partial charge in [-0.05, 0) is 26.8 Å². The van der Waals surface area contributed by atoms with Crippen LogP contribution >= 0.6 is 0 Å². The van der Waals surface area contributed by atoms with Crippen molar-refractivity contribution in [1.29, 1.82) is 0 Å². The van der Waals surface area contributed by atoms with Gasteiger partial charge in [-0.2, -0.15) is 0 Å². The zero-order valence-corrected chi connectivity index (χ0v) is 11.8. The molecule has 0 saturated carbocycles. The third kappa shape index (κ3) is 4.89. The molecule has 0 bridgehead atoms. The van der Waals surface area contributed by atoms with E-state index < -0.39 is 8.80 Å². The van der Waals surface area contributed by atoms with Gasteiger partial charge < -0.3 is 18.7 Å². The number of nitrogens with two attached hydrogens (primary N) is 1. The van der Waals surface area contributed by atoms with Crippen LogP contribution in [0.25, 0.3) is 0 Å². The van der Waals surface area contributed by atoms with Crippen LogP contribution in [0.3, 0.4) is 0 Å². The minimum absolute atomic E-state index is 0.652. The van der Waals surface area contributed by atoms with Gasteiger partial charge in [-0.15, -0.1) is 0 Å². The van der Waals surface area contributed by atoms with Crippen LogP contribution in [-0.4, -0.2) is 39.0 Å². The van der Waals surface area contributed by atoms with Crippen molar-refractivity contribution in [3.8, 4) is 0 Å². The summed E-state index contributed by atoms with van der Waals surface area (Å²) in [6, 6.07) is 0.842. The second kappa shape index (κ2) is 7.66. The number of hydrogen-bond donors (Lipinski definition) is 1. The molecule has 0 amide bonds. The monoisotopic (exact) mass is 223 g/mol. The van der Waals surface area contributed by atoms with Crippen molar-refractivity contribution < 1.29 is 13.0 Å². The van der Waals surface area contributed by atoms with E-state index in [1.54, 1.807) is 0 Å². The normalized spacial score (nSPS) is 12.2. The zero-order chi connectivity index (χ0) is 10.2. The van der Waals surface area contributed by atoms with Gasteiger partial charge in [0.15, 0.2) is 0 Å². The minimum Gasteiger partial charge on any atom is -0.424 e. The molecule has 0 aliphatic heterocycles. The van der Waals surface area contributed by atoms with Crippen molar-refractivity contribution in [3.63, 3.8) is 0 Å². The van der Waals surface area contributed by atoms with Crippen LogP contribution in [0.5, 0.6) is 0 Å². The Labute approximate surface area is 84.7 Å². The molecule has 6 heteroatoms. The van der Waals surface area contributed by atoms with Crippen LogP contribution in [0.1, 0.15) is 20.3 Å². The van der Waals surface area contributed by atoms with E-state index in [9.17, 15) is 0 Å². The van der Waals surface area contributed by atoms with E-state index >= 15 is 0 Å². The standard InChI is InChI=1S/C7H21NO3Si2/c1-3-9-13(11-12,10-4-2)7-5-6-8/h3-8H2,1-2,12H3. The summed E-state index contributed by atoms with van der Waals surface area (Å²) in [5, 5.41) is 0. The molecule has 0 aromatic heterocycles. The first-order valence-electron chi connectivity index (χ1n) is 4.77. The highest BCUT2D eigenvalue weighted by Gasteiger charge is 2.37. The molecule has 13 heavy (non-hydrogen) atoms. The van der Waals surface area contributed by atoms with Gasteiger partial charge in [0, 0.05) is 19.3 Å². The fourth-order valence-corrected chi connectivity index (χ4v) is 4.81. The smallest absolute Gasteiger partial charge is 0.424 e. The Balaban J connectivity index is 4.07. The van der Waals surface area contributed by atoms with Gasteiger partial charge >= 0.3 is 8.80 Å². The summed E-state index contributed by atoms with van der Waals surface area (Å²) >= 11 is 0. The minimum atomic E-state index is -2.31. The summed E-state index contributed by atoms with van der Waals surface area (Å²) in [4.78, 5) is 0. The third-order valence-electron chi connectivity index (χ3n) is 1.73. The van der Waals surface area contributed by atoms with Gasteiger partial charge in [-0.25, -0.2) is 0 Å². The molecule has 4 nitrogen and oxygen atoms in total.